The van der Waals surface area contributed by atoms with Gasteiger partial charge in [0.15, 0.2) is 0 Å². The summed E-state index contributed by atoms with van der Waals surface area (Å²) in [5.41, 5.74) is 3.63. The fourth-order valence-electron chi connectivity index (χ4n) is 2.50. The number of aliphatic imine (C=N–C) groups is 1. The van der Waals surface area contributed by atoms with Crippen LogP contribution >= 0.6 is 12.6 Å². The van der Waals surface area contributed by atoms with E-state index < -0.39 is 0 Å². The van der Waals surface area contributed by atoms with E-state index in [9.17, 15) is 0 Å². The van der Waals surface area contributed by atoms with Crippen LogP contribution in [0.3, 0.4) is 0 Å². The van der Waals surface area contributed by atoms with Crippen molar-refractivity contribution in [2.24, 2.45) is 4.99 Å². The fourth-order valence-corrected chi connectivity index (χ4v) is 2.80. The van der Waals surface area contributed by atoms with Crippen LogP contribution in [0.15, 0.2) is 71.3 Å². The molecular weight excluding hydrogens is 324 g/mol. The lowest BCUT2D eigenvalue weighted by Gasteiger charge is -2.18. The first kappa shape index (κ1) is 19.1. The average molecular weight is 351 g/mol. The number of hydrogen-bond donors (Lipinski definition) is 1. The quantitative estimate of drug-likeness (QED) is 0.400. The summed E-state index contributed by atoms with van der Waals surface area (Å²) >= 11 is 4.30. The minimum atomic E-state index is 0.853. The molecule has 0 fully saturated rings. The van der Waals surface area contributed by atoms with E-state index in [-0.39, 0.29) is 0 Å². The van der Waals surface area contributed by atoms with Crippen molar-refractivity contribution in [2.45, 2.75) is 6.92 Å². The second-order valence-corrected chi connectivity index (χ2v) is 6.42. The predicted molar refractivity (Wildman–Crippen MR) is 117 cm³/mol. The van der Waals surface area contributed by atoms with Gasteiger partial charge in [-0.15, -0.1) is 0 Å². The Balaban J connectivity index is 2.15. The molecule has 0 bridgehead atoms. The van der Waals surface area contributed by atoms with Crippen LogP contribution in [0.5, 0.6) is 0 Å². The second kappa shape index (κ2) is 9.90. The highest BCUT2D eigenvalue weighted by Crippen LogP contribution is 2.23. The zero-order valence-electron chi connectivity index (χ0n) is 15.2. The topological polar surface area (TPSA) is 15.6 Å². The molecule has 25 heavy (non-hydrogen) atoms. The standard InChI is InChI=1S/C22H26N2S/c1-18(6-4-5-13-23-2)7-8-19-9-10-21-17-22(24(3)14-15-25)12-11-20(21)16-19/h4-13,16-17,25H,14-15H2,1-3H3/b5-4-,8-7+,18-6+,23-13?. The van der Waals surface area contributed by atoms with Gasteiger partial charge in [-0.3, -0.25) is 4.99 Å². The van der Waals surface area contributed by atoms with Gasteiger partial charge in [-0.2, -0.15) is 12.6 Å². The third kappa shape index (κ3) is 5.95. The van der Waals surface area contributed by atoms with Crippen LogP contribution in [-0.2, 0) is 0 Å². The van der Waals surface area contributed by atoms with Gasteiger partial charge in [-0.05, 0) is 47.5 Å². The maximum absolute atomic E-state index is 4.30. The zero-order valence-corrected chi connectivity index (χ0v) is 16.1. The molecule has 0 N–H and O–H groups in total. The Morgan fingerprint density at radius 1 is 1.12 bits per heavy atom. The summed E-state index contributed by atoms with van der Waals surface area (Å²) in [5.74, 6) is 0.853. The highest BCUT2D eigenvalue weighted by Gasteiger charge is 2.01. The number of thiol groups is 1. The molecule has 0 amide bonds. The molecule has 0 aliphatic rings. The number of benzene rings is 2. The summed E-state index contributed by atoms with van der Waals surface area (Å²) in [6.07, 6.45) is 12.0. The molecule has 130 valence electrons. The van der Waals surface area contributed by atoms with Crippen molar-refractivity contribution in [3.05, 3.63) is 71.8 Å². The first-order chi connectivity index (χ1) is 12.1. The summed E-state index contributed by atoms with van der Waals surface area (Å²) in [4.78, 5) is 6.14. The average Bonchev–Trinajstić information content (AvgIpc) is 2.63. The maximum atomic E-state index is 4.30. The van der Waals surface area contributed by atoms with Crippen molar-refractivity contribution in [2.75, 3.05) is 31.3 Å². The van der Waals surface area contributed by atoms with E-state index in [0.717, 1.165) is 12.3 Å². The molecule has 2 aromatic rings. The molecule has 0 spiro atoms. The minimum absolute atomic E-state index is 0.853. The van der Waals surface area contributed by atoms with Crippen molar-refractivity contribution in [3.63, 3.8) is 0 Å². The van der Waals surface area contributed by atoms with E-state index in [1.165, 1.54) is 27.6 Å². The molecule has 0 aromatic heterocycles. The maximum Gasteiger partial charge on any atom is 0.0370 e. The lowest BCUT2D eigenvalue weighted by atomic mass is 10.0. The third-order valence-electron chi connectivity index (χ3n) is 3.97. The Morgan fingerprint density at radius 3 is 2.64 bits per heavy atom. The minimum Gasteiger partial charge on any atom is -0.374 e. The molecule has 0 heterocycles. The van der Waals surface area contributed by atoms with Crippen LogP contribution in [0.2, 0.25) is 0 Å². The number of anilines is 1. The van der Waals surface area contributed by atoms with Crippen molar-refractivity contribution < 1.29 is 0 Å². The van der Waals surface area contributed by atoms with E-state index >= 15 is 0 Å². The van der Waals surface area contributed by atoms with Gasteiger partial charge in [0.2, 0.25) is 0 Å². The molecule has 0 saturated carbocycles. The van der Waals surface area contributed by atoms with Gasteiger partial charge >= 0.3 is 0 Å². The third-order valence-corrected chi connectivity index (χ3v) is 4.17. The van der Waals surface area contributed by atoms with Crippen molar-refractivity contribution in [3.8, 4) is 0 Å². The Hall–Kier alpha value is -2.26. The number of fused-ring (bicyclic) bond motifs is 1. The van der Waals surface area contributed by atoms with Gasteiger partial charge < -0.3 is 4.90 Å². The predicted octanol–water partition coefficient (Wildman–Crippen LogP) is 5.42. The monoisotopic (exact) mass is 350 g/mol. The van der Waals surface area contributed by atoms with E-state index in [2.05, 4.69) is 91.1 Å². The number of allylic oxidation sites excluding steroid dienone is 5. The Labute approximate surface area is 156 Å². The summed E-state index contributed by atoms with van der Waals surface area (Å²) in [6, 6.07) is 13.2. The summed E-state index contributed by atoms with van der Waals surface area (Å²) in [5, 5.41) is 2.51. The van der Waals surface area contributed by atoms with E-state index in [0.29, 0.717) is 0 Å². The van der Waals surface area contributed by atoms with Crippen molar-refractivity contribution in [1.82, 2.24) is 0 Å². The lowest BCUT2D eigenvalue weighted by Crippen LogP contribution is -2.19. The molecular formula is C22H26N2S. The van der Waals surface area contributed by atoms with Crippen LogP contribution in [0.4, 0.5) is 5.69 Å². The van der Waals surface area contributed by atoms with Crippen molar-refractivity contribution in [1.29, 1.82) is 0 Å². The Bertz CT molecular complexity index is 816. The molecule has 0 unspecified atom stereocenters. The molecule has 0 radical (unpaired) electrons. The van der Waals surface area contributed by atoms with Crippen LogP contribution in [0.1, 0.15) is 12.5 Å². The van der Waals surface area contributed by atoms with E-state index in [4.69, 9.17) is 0 Å². The first-order valence-electron chi connectivity index (χ1n) is 8.43. The smallest absolute Gasteiger partial charge is 0.0370 e. The molecule has 2 aromatic carbocycles. The molecule has 0 aliphatic carbocycles. The molecule has 0 aliphatic heterocycles. The van der Waals surface area contributed by atoms with Gasteiger partial charge in [-0.1, -0.05) is 48.1 Å². The lowest BCUT2D eigenvalue weighted by molar-refractivity contribution is 0.981. The molecule has 0 atom stereocenters. The summed E-state index contributed by atoms with van der Waals surface area (Å²) in [7, 11) is 3.87. The number of rotatable bonds is 7. The zero-order chi connectivity index (χ0) is 18.1. The molecule has 0 saturated heterocycles. The van der Waals surface area contributed by atoms with Crippen LogP contribution in [0.25, 0.3) is 16.8 Å². The van der Waals surface area contributed by atoms with Crippen molar-refractivity contribution >= 4 is 41.4 Å². The first-order valence-corrected chi connectivity index (χ1v) is 9.07. The SMILES string of the molecule is CN=C\C=C/C=C(C)/C=C/c1ccc2cc(N(C)CCS)ccc2c1. The van der Waals surface area contributed by atoms with E-state index in [1.54, 1.807) is 13.3 Å². The summed E-state index contributed by atoms with van der Waals surface area (Å²) in [6.45, 7) is 3.04. The fraction of sp³-hybridized carbons (Fsp3) is 0.227. The summed E-state index contributed by atoms with van der Waals surface area (Å²) < 4.78 is 0. The normalized spacial score (nSPS) is 12.9. The molecule has 2 nitrogen and oxygen atoms in total. The molecule has 3 heteroatoms. The van der Waals surface area contributed by atoms with Crippen LogP contribution < -0.4 is 4.90 Å². The Morgan fingerprint density at radius 2 is 1.88 bits per heavy atom. The van der Waals surface area contributed by atoms with Gasteiger partial charge in [-0.25, -0.2) is 0 Å². The Kier molecular flexibility index (Phi) is 7.55. The van der Waals surface area contributed by atoms with Crippen LogP contribution in [0, 0.1) is 0 Å². The van der Waals surface area contributed by atoms with Gasteiger partial charge in [0.05, 0.1) is 0 Å². The van der Waals surface area contributed by atoms with Gasteiger partial charge in [0, 0.05) is 38.3 Å². The number of nitrogens with zero attached hydrogens (tertiary/aromatic N) is 2. The van der Waals surface area contributed by atoms with Gasteiger partial charge in [0.1, 0.15) is 0 Å². The highest BCUT2D eigenvalue weighted by atomic mass is 32.1. The highest BCUT2D eigenvalue weighted by molar-refractivity contribution is 7.80. The van der Waals surface area contributed by atoms with Crippen LogP contribution in [-0.4, -0.2) is 32.6 Å². The molecule has 2 rings (SSSR count). The number of hydrogen-bond acceptors (Lipinski definition) is 3. The largest absolute Gasteiger partial charge is 0.374 e. The van der Waals surface area contributed by atoms with E-state index in [1.807, 2.05) is 12.2 Å². The van der Waals surface area contributed by atoms with Gasteiger partial charge in [0.25, 0.3) is 0 Å². The second-order valence-electron chi connectivity index (χ2n) is 5.97.